The van der Waals surface area contributed by atoms with E-state index in [1.807, 2.05) is 0 Å². The molecule has 0 aromatic carbocycles. The number of hydrogen-bond donors (Lipinski definition) is 1. The van der Waals surface area contributed by atoms with E-state index in [-0.39, 0.29) is 22.5 Å². The van der Waals surface area contributed by atoms with Crippen LogP contribution >= 0.6 is 15.9 Å². The predicted molar refractivity (Wildman–Crippen MR) is 57.3 cm³/mol. The normalized spacial score (nSPS) is 10.6. The number of pyridine rings is 1. The van der Waals surface area contributed by atoms with Crippen LogP contribution in [0.4, 0.5) is 14.6 Å². The molecule has 88 valence electrons. The molecule has 0 spiro atoms. The maximum atomic E-state index is 12.7. The average Bonchev–Trinajstić information content (AvgIpc) is 2.20. The first-order valence-electron chi connectivity index (χ1n) is 4.38. The maximum absolute atomic E-state index is 12.7. The van der Waals surface area contributed by atoms with Gasteiger partial charge in [-0.3, -0.25) is 0 Å². The van der Waals surface area contributed by atoms with E-state index in [0.717, 1.165) is 0 Å². The molecule has 0 atom stereocenters. The van der Waals surface area contributed by atoms with Crippen LogP contribution in [0.15, 0.2) is 10.7 Å². The molecule has 0 aliphatic heterocycles. The molecular formula is C9H9BrF2N2O2. The summed E-state index contributed by atoms with van der Waals surface area (Å²) in [5.41, 5.74) is 4.43. The van der Waals surface area contributed by atoms with Crippen molar-refractivity contribution in [2.24, 2.45) is 0 Å². The third-order valence-corrected chi connectivity index (χ3v) is 2.40. The molecule has 0 radical (unpaired) electrons. The van der Waals surface area contributed by atoms with Crippen molar-refractivity contribution < 1.29 is 18.3 Å². The van der Waals surface area contributed by atoms with Gasteiger partial charge in [0.1, 0.15) is 5.82 Å². The lowest BCUT2D eigenvalue weighted by Gasteiger charge is -2.11. The van der Waals surface area contributed by atoms with Crippen LogP contribution in [0.1, 0.15) is 29.3 Å². The second-order valence-corrected chi connectivity index (χ2v) is 3.66. The summed E-state index contributed by atoms with van der Waals surface area (Å²) in [5, 5.41) is 0. The van der Waals surface area contributed by atoms with E-state index in [0.29, 0.717) is 0 Å². The van der Waals surface area contributed by atoms with Crippen LogP contribution in [0, 0.1) is 0 Å². The van der Waals surface area contributed by atoms with Crippen molar-refractivity contribution in [2.45, 2.75) is 13.3 Å². The molecule has 1 rings (SSSR count). The van der Waals surface area contributed by atoms with Gasteiger partial charge >= 0.3 is 5.97 Å². The van der Waals surface area contributed by atoms with Crippen LogP contribution in [0.2, 0.25) is 0 Å². The number of nitrogen functional groups attached to an aromatic ring is 1. The van der Waals surface area contributed by atoms with Gasteiger partial charge in [0.05, 0.1) is 22.2 Å². The summed E-state index contributed by atoms with van der Waals surface area (Å²) in [6.45, 7) is 1.68. The Bertz CT molecular complexity index is 413. The lowest BCUT2D eigenvalue weighted by Crippen LogP contribution is -2.12. The number of nitrogens with two attached hydrogens (primary N) is 1. The van der Waals surface area contributed by atoms with Crippen molar-refractivity contribution in [3.63, 3.8) is 0 Å². The first-order chi connectivity index (χ1) is 7.49. The predicted octanol–water partition coefficient (Wildman–Crippen LogP) is 2.54. The zero-order valence-electron chi connectivity index (χ0n) is 8.34. The fraction of sp³-hybridized carbons (Fsp3) is 0.333. The molecule has 4 nitrogen and oxygen atoms in total. The zero-order chi connectivity index (χ0) is 12.3. The van der Waals surface area contributed by atoms with Gasteiger partial charge in [-0.2, -0.15) is 0 Å². The molecule has 1 aromatic rings. The molecule has 0 aliphatic carbocycles. The number of halogens is 3. The Hall–Kier alpha value is -1.24. The van der Waals surface area contributed by atoms with E-state index < -0.39 is 18.0 Å². The fourth-order valence-electron chi connectivity index (χ4n) is 1.15. The molecule has 0 saturated heterocycles. The number of nitrogens with zero attached hydrogens (tertiary/aromatic N) is 1. The quantitative estimate of drug-likeness (QED) is 0.870. The fourth-order valence-corrected chi connectivity index (χ4v) is 1.63. The summed E-state index contributed by atoms with van der Waals surface area (Å²) < 4.78 is 30.2. The van der Waals surface area contributed by atoms with E-state index in [4.69, 9.17) is 5.73 Å². The highest BCUT2D eigenvalue weighted by Crippen LogP contribution is 2.32. The SMILES string of the molecule is CCOC(=O)c1c(Br)cnc(N)c1C(F)F. The number of rotatable bonds is 3. The Kier molecular flexibility index (Phi) is 4.17. The van der Waals surface area contributed by atoms with Crippen molar-refractivity contribution in [1.29, 1.82) is 0 Å². The van der Waals surface area contributed by atoms with Crippen LogP contribution in [0.3, 0.4) is 0 Å². The van der Waals surface area contributed by atoms with E-state index >= 15 is 0 Å². The second-order valence-electron chi connectivity index (χ2n) is 2.80. The molecule has 2 N–H and O–H groups in total. The Morgan fingerprint density at radius 2 is 2.31 bits per heavy atom. The summed E-state index contributed by atoms with van der Waals surface area (Å²) in [7, 11) is 0. The molecule has 0 bridgehead atoms. The lowest BCUT2D eigenvalue weighted by atomic mass is 10.1. The zero-order valence-corrected chi connectivity index (χ0v) is 9.92. The standard InChI is InChI=1S/C9H9BrF2N2O2/c1-2-16-9(15)5-4(10)3-14-8(13)6(5)7(11)12/h3,7H,2H2,1H3,(H2,13,14). The third-order valence-electron chi connectivity index (χ3n) is 1.80. The van der Waals surface area contributed by atoms with Gasteiger partial charge in [0.25, 0.3) is 6.43 Å². The third kappa shape index (κ3) is 2.46. The summed E-state index contributed by atoms with van der Waals surface area (Å²) in [5.74, 6) is -1.22. The number of aromatic nitrogens is 1. The van der Waals surface area contributed by atoms with Crippen molar-refractivity contribution in [3.05, 3.63) is 21.8 Å². The highest BCUT2D eigenvalue weighted by Gasteiger charge is 2.25. The molecule has 0 saturated carbocycles. The summed E-state index contributed by atoms with van der Waals surface area (Å²) >= 11 is 2.97. The number of hydrogen-bond acceptors (Lipinski definition) is 4. The summed E-state index contributed by atoms with van der Waals surface area (Å²) in [6, 6.07) is 0. The topological polar surface area (TPSA) is 65.2 Å². The van der Waals surface area contributed by atoms with Crippen molar-refractivity contribution in [1.82, 2.24) is 4.98 Å². The highest BCUT2D eigenvalue weighted by atomic mass is 79.9. The van der Waals surface area contributed by atoms with Gasteiger partial charge in [-0.1, -0.05) is 0 Å². The molecule has 1 heterocycles. The molecule has 0 unspecified atom stereocenters. The molecule has 16 heavy (non-hydrogen) atoms. The molecule has 7 heteroatoms. The first-order valence-corrected chi connectivity index (χ1v) is 5.17. The summed E-state index contributed by atoms with van der Waals surface area (Å²) in [4.78, 5) is 15.0. The number of esters is 1. The van der Waals surface area contributed by atoms with Gasteiger partial charge < -0.3 is 10.5 Å². The molecule has 0 aliphatic rings. The van der Waals surface area contributed by atoms with Crippen LogP contribution < -0.4 is 5.73 Å². The first kappa shape index (κ1) is 12.8. The number of carbonyl (C=O) groups excluding carboxylic acids is 1. The second kappa shape index (κ2) is 5.20. The summed E-state index contributed by atoms with van der Waals surface area (Å²) in [6.07, 6.45) is -1.70. The van der Waals surface area contributed by atoms with Crippen LogP contribution in [0.5, 0.6) is 0 Å². The molecular weight excluding hydrogens is 286 g/mol. The van der Waals surface area contributed by atoms with E-state index in [1.165, 1.54) is 6.20 Å². The van der Waals surface area contributed by atoms with Crippen LogP contribution in [-0.4, -0.2) is 17.6 Å². The Morgan fingerprint density at radius 3 is 2.81 bits per heavy atom. The Balaban J connectivity index is 3.34. The van der Waals surface area contributed by atoms with E-state index in [1.54, 1.807) is 6.92 Å². The van der Waals surface area contributed by atoms with Crippen LogP contribution in [-0.2, 0) is 4.74 Å². The largest absolute Gasteiger partial charge is 0.462 e. The number of carbonyl (C=O) groups is 1. The van der Waals surface area contributed by atoms with E-state index in [9.17, 15) is 13.6 Å². The number of anilines is 1. The van der Waals surface area contributed by atoms with Crippen molar-refractivity contribution >= 4 is 27.7 Å². The van der Waals surface area contributed by atoms with Gasteiger partial charge in [0, 0.05) is 6.20 Å². The molecule has 0 amide bonds. The number of alkyl halides is 2. The number of ether oxygens (including phenoxy) is 1. The average molecular weight is 295 g/mol. The monoisotopic (exact) mass is 294 g/mol. The molecule has 0 fully saturated rings. The highest BCUT2D eigenvalue weighted by molar-refractivity contribution is 9.10. The minimum absolute atomic E-state index is 0.0934. The lowest BCUT2D eigenvalue weighted by molar-refractivity contribution is 0.0514. The van der Waals surface area contributed by atoms with Crippen molar-refractivity contribution in [2.75, 3.05) is 12.3 Å². The minimum Gasteiger partial charge on any atom is -0.462 e. The Morgan fingerprint density at radius 1 is 1.69 bits per heavy atom. The molecule has 1 aromatic heterocycles. The van der Waals surface area contributed by atoms with Gasteiger partial charge in [0.15, 0.2) is 0 Å². The Labute approximate surface area is 98.9 Å². The van der Waals surface area contributed by atoms with Gasteiger partial charge in [-0.25, -0.2) is 18.6 Å². The van der Waals surface area contributed by atoms with Crippen molar-refractivity contribution in [3.8, 4) is 0 Å². The smallest absolute Gasteiger partial charge is 0.339 e. The van der Waals surface area contributed by atoms with E-state index in [2.05, 4.69) is 25.7 Å². The van der Waals surface area contributed by atoms with Gasteiger partial charge in [-0.15, -0.1) is 0 Å². The van der Waals surface area contributed by atoms with Gasteiger partial charge in [-0.05, 0) is 22.9 Å². The van der Waals surface area contributed by atoms with Gasteiger partial charge in [0.2, 0.25) is 0 Å². The van der Waals surface area contributed by atoms with Crippen LogP contribution in [0.25, 0.3) is 0 Å². The minimum atomic E-state index is -2.88. The maximum Gasteiger partial charge on any atom is 0.339 e.